The molecule has 3 heteroatoms. The third-order valence-corrected chi connectivity index (χ3v) is 5.42. The first-order valence-electron chi connectivity index (χ1n) is 8.61. The summed E-state index contributed by atoms with van der Waals surface area (Å²) < 4.78 is 0. The lowest BCUT2D eigenvalue weighted by molar-refractivity contribution is 0.122. The van der Waals surface area contributed by atoms with Crippen molar-refractivity contribution in [3.63, 3.8) is 0 Å². The predicted octanol–water partition coefficient (Wildman–Crippen LogP) is 3.36. The van der Waals surface area contributed by atoms with E-state index < -0.39 is 0 Å². The topological polar surface area (TPSA) is 32.5 Å². The molecule has 3 nitrogen and oxygen atoms in total. The molecule has 116 valence electrons. The lowest BCUT2D eigenvalue weighted by Gasteiger charge is -2.43. The Morgan fingerprint density at radius 3 is 2.43 bits per heavy atom. The van der Waals surface area contributed by atoms with Crippen LogP contribution in [-0.4, -0.2) is 37.1 Å². The van der Waals surface area contributed by atoms with Crippen LogP contribution in [0.25, 0.3) is 0 Å². The van der Waals surface area contributed by atoms with E-state index in [1.807, 2.05) is 12.1 Å². The first-order valence-corrected chi connectivity index (χ1v) is 8.61. The van der Waals surface area contributed by atoms with Crippen LogP contribution in [0.5, 0.6) is 0 Å². The van der Waals surface area contributed by atoms with E-state index in [9.17, 15) is 0 Å². The van der Waals surface area contributed by atoms with Gasteiger partial charge in [0.1, 0.15) is 0 Å². The van der Waals surface area contributed by atoms with E-state index in [0.29, 0.717) is 0 Å². The maximum absolute atomic E-state index is 5.78. The summed E-state index contributed by atoms with van der Waals surface area (Å²) in [4.78, 5) is 5.24. The summed E-state index contributed by atoms with van der Waals surface area (Å²) in [5, 5.41) is 0. The van der Waals surface area contributed by atoms with Crippen LogP contribution in [0.1, 0.15) is 39.0 Å². The molecule has 21 heavy (non-hydrogen) atoms. The van der Waals surface area contributed by atoms with Gasteiger partial charge in [-0.3, -0.25) is 4.90 Å². The van der Waals surface area contributed by atoms with Crippen molar-refractivity contribution in [1.29, 1.82) is 0 Å². The Balaban J connectivity index is 1.54. The lowest BCUT2D eigenvalue weighted by Crippen LogP contribution is -2.51. The molecule has 1 saturated carbocycles. The Morgan fingerprint density at radius 2 is 1.76 bits per heavy atom. The Bertz CT molecular complexity index is 434. The van der Waals surface area contributed by atoms with Crippen LogP contribution in [-0.2, 0) is 0 Å². The molecule has 0 spiro atoms. The Labute approximate surface area is 129 Å². The number of rotatable bonds is 3. The molecule has 0 bridgehead atoms. The maximum Gasteiger partial charge on any atom is 0.0368 e. The normalized spacial score (nSPS) is 27.8. The summed E-state index contributed by atoms with van der Waals surface area (Å²) in [6.45, 7) is 7.08. The highest BCUT2D eigenvalue weighted by atomic mass is 15.3. The summed E-state index contributed by atoms with van der Waals surface area (Å²) in [7, 11) is 0. The lowest BCUT2D eigenvalue weighted by atomic mass is 9.83. The van der Waals surface area contributed by atoms with Crippen LogP contribution < -0.4 is 10.6 Å². The van der Waals surface area contributed by atoms with Gasteiger partial charge in [-0.1, -0.05) is 26.2 Å². The van der Waals surface area contributed by atoms with Crippen molar-refractivity contribution in [2.45, 2.75) is 45.1 Å². The molecule has 1 heterocycles. The van der Waals surface area contributed by atoms with Crippen LogP contribution in [0.4, 0.5) is 11.4 Å². The predicted molar refractivity (Wildman–Crippen MR) is 90.7 cm³/mol. The van der Waals surface area contributed by atoms with E-state index in [4.69, 9.17) is 5.73 Å². The highest BCUT2D eigenvalue weighted by Crippen LogP contribution is 2.30. The number of hydrogen-bond donors (Lipinski definition) is 1. The number of nitrogens with zero attached hydrogens (tertiary/aromatic N) is 2. The zero-order chi connectivity index (χ0) is 14.7. The first kappa shape index (κ1) is 14.7. The van der Waals surface area contributed by atoms with Gasteiger partial charge in [-0.2, -0.15) is 0 Å². The van der Waals surface area contributed by atoms with Gasteiger partial charge in [0.05, 0.1) is 0 Å². The molecule has 1 aliphatic carbocycles. The average molecular weight is 287 g/mol. The van der Waals surface area contributed by atoms with Crippen LogP contribution in [0.2, 0.25) is 0 Å². The first-order chi connectivity index (χ1) is 10.3. The third kappa shape index (κ3) is 3.52. The average Bonchev–Trinajstić information content (AvgIpc) is 2.56. The van der Waals surface area contributed by atoms with Gasteiger partial charge in [0.25, 0.3) is 0 Å². The highest BCUT2D eigenvalue weighted by Gasteiger charge is 2.28. The standard InChI is InChI=1S/C18H29N3/c1-2-15-4-3-5-18(14-15)21-12-10-20(11-13-21)17-8-6-16(19)7-9-17/h6-9,15,18H,2-5,10-14,19H2,1H3. The minimum Gasteiger partial charge on any atom is -0.399 e. The van der Waals surface area contributed by atoms with Crippen molar-refractivity contribution in [1.82, 2.24) is 4.90 Å². The van der Waals surface area contributed by atoms with Gasteiger partial charge < -0.3 is 10.6 Å². The fourth-order valence-electron chi connectivity index (χ4n) is 4.00. The fraction of sp³-hybridized carbons (Fsp3) is 0.667. The number of nitrogens with two attached hydrogens (primary N) is 1. The molecule has 2 unspecified atom stereocenters. The maximum atomic E-state index is 5.78. The van der Waals surface area contributed by atoms with Crippen molar-refractivity contribution in [3.05, 3.63) is 24.3 Å². The van der Waals surface area contributed by atoms with Crippen LogP contribution in [0.3, 0.4) is 0 Å². The molecule has 0 amide bonds. The second kappa shape index (κ2) is 6.69. The summed E-state index contributed by atoms with van der Waals surface area (Å²) in [5.74, 6) is 0.971. The molecular formula is C18H29N3. The SMILES string of the molecule is CCC1CCCC(N2CCN(c3ccc(N)cc3)CC2)C1. The summed E-state index contributed by atoms with van der Waals surface area (Å²) in [6.07, 6.45) is 7.10. The minimum absolute atomic E-state index is 0.845. The number of benzene rings is 1. The highest BCUT2D eigenvalue weighted by molar-refractivity contribution is 5.53. The van der Waals surface area contributed by atoms with E-state index >= 15 is 0 Å². The molecule has 0 aromatic heterocycles. The van der Waals surface area contributed by atoms with Crippen LogP contribution >= 0.6 is 0 Å². The van der Waals surface area contributed by atoms with Crippen molar-refractivity contribution < 1.29 is 0 Å². The van der Waals surface area contributed by atoms with Crippen molar-refractivity contribution in [2.75, 3.05) is 36.8 Å². The number of nitrogen functional groups attached to an aromatic ring is 1. The molecule has 2 N–H and O–H groups in total. The molecule has 1 aliphatic heterocycles. The van der Waals surface area contributed by atoms with E-state index in [1.54, 1.807) is 0 Å². The van der Waals surface area contributed by atoms with E-state index in [0.717, 1.165) is 30.7 Å². The molecule has 2 fully saturated rings. The Morgan fingerprint density at radius 1 is 1.05 bits per heavy atom. The van der Waals surface area contributed by atoms with Crippen LogP contribution in [0.15, 0.2) is 24.3 Å². The van der Waals surface area contributed by atoms with Gasteiger partial charge >= 0.3 is 0 Å². The smallest absolute Gasteiger partial charge is 0.0368 e. The molecule has 1 aromatic carbocycles. The molecule has 1 saturated heterocycles. The van der Waals surface area contributed by atoms with Crippen molar-refractivity contribution in [2.24, 2.45) is 5.92 Å². The summed E-state index contributed by atoms with van der Waals surface area (Å²) in [5.41, 5.74) is 7.95. The number of piperazine rings is 1. The largest absolute Gasteiger partial charge is 0.399 e. The fourth-order valence-corrected chi connectivity index (χ4v) is 4.00. The summed E-state index contributed by atoms with van der Waals surface area (Å²) in [6, 6.07) is 9.16. The number of anilines is 2. The second-order valence-electron chi connectivity index (χ2n) is 6.71. The van der Waals surface area contributed by atoms with Gasteiger partial charge in [-0.25, -0.2) is 0 Å². The molecular weight excluding hydrogens is 258 g/mol. The van der Waals surface area contributed by atoms with Gasteiger partial charge in [0.15, 0.2) is 0 Å². The molecule has 3 rings (SSSR count). The zero-order valence-corrected chi connectivity index (χ0v) is 13.3. The monoisotopic (exact) mass is 287 g/mol. The van der Waals surface area contributed by atoms with E-state index in [2.05, 4.69) is 28.9 Å². The molecule has 2 atom stereocenters. The van der Waals surface area contributed by atoms with Crippen LogP contribution in [0, 0.1) is 5.92 Å². The van der Waals surface area contributed by atoms with Gasteiger partial charge in [0.2, 0.25) is 0 Å². The second-order valence-corrected chi connectivity index (χ2v) is 6.71. The van der Waals surface area contributed by atoms with Gasteiger partial charge in [0, 0.05) is 43.6 Å². The molecule has 1 aromatic rings. The van der Waals surface area contributed by atoms with Crippen molar-refractivity contribution in [3.8, 4) is 0 Å². The zero-order valence-electron chi connectivity index (χ0n) is 13.3. The number of hydrogen-bond acceptors (Lipinski definition) is 3. The quantitative estimate of drug-likeness (QED) is 0.865. The Kier molecular flexibility index (Phi) is 4.69. The third-order valence-electron chi connectivity index (χ3n) is 5.42. The summed E-state index contributed by atoms with van der Waals surface area (Å²) >= 11 is 0. The minimum atomic E-state index is 0.845. The van der Waals surface area contributed by atoms with Gasteiger partial charge in [-0.15, -0.1) is 0 Å². The van der Waals surface area contributed by atoms with Gasteiger partial charge in [-0.05, 0) is 43.0 Å². The molecule has 2 aliphatic rings. The Hall–Kier alpha value is -1.22. The van der Waals surface area contributed by atoms with E-state index in [1.165, 1.54) is 50.9 Å². The van der Waals surface area contributed by atoms with Crippen molar-refractivity contribution >= 4 is 11.4 Å². The van der Waals surface area contributed by atoms with E-state index in [-0.39, 0.29) is 0 Å². The molecule has 0 radical (unpaired) electrons.